The van der Waals surface area contributed by atoms with Crippen LogP contribution in [0.5, 0.6) is 0 Å². The lowest BCUT2D eigenvalue weighted by Crippen LogP contribution is -2.50. The molecule has 164 valence electrons. The van der Waals surface area contributed by atoms with Crippen molar-refractivity contribution in [2.24, 2.45) is 0 Å². The summed E-state index contributed by atoms with van der Waals surface area (Å²) in [5.41, 5.74) is 1.05. The van der Waals surface area contributed by atoms with Crippen LogP contribution in [-0.2, 0) is 16.0 Å². The summed E-state index contributed by atoms with van der Waals surface area (Å²) in [5, 5.41) is 13.7. The number of quaternary nitrogens is 1. The average molecular weight is 409 g/mol. The van der Waals surface area contributed by atoms with Gasteiger partial charge >= 0.3 is 0 Å². The molecule has 0 heterocycles. The Bertz CT molecular complexity index is 629. The van der Waals surface area contributed by atoms with Crippen molar-refractivity contribution in [3.05, 3.63) is 35.6 Å². The third-order valence-electron chi connectivity index (χ3n) is 4.80. The van der Waals surface area contributed by atoms with E-state index in [1.165, 1.54) is 6.07 Å². The van der Waals surface area contributed by atoms with Gasteiger partial charge in [0.1, 0.15) is 5.82 Å². The van der Waals surface area contributed by atoms with Gasteiger partial charge < -0.3 is 19.7 Å². The Morgan fingerprint density at radius 2 is 1.66 bits per heavy atom. The van der Waals surface area contributed by atoms with Crippen LogP contribution in [0, 0.1) is 5.82 Å². The molecule has 29 heavy (non-hydrogen) atoms. The van der Waals surface area contributed by atoms with Crippen LogP contribution in [0.15, 0.2) is 24.3 Å². The second-order valence-electron chi connectivity index (χ2n) is 8.92. The highest BCUT2D eigenvalue weighted by atomic mass is 19.1. The molecule has 0 aliphatic rings. The standard InChI is InChI=1S/C23H37FN2O3/c1-26(2,3)18-21(17-23(28)29)25-22(27)15-10-8-6-4-5-7-9-12-19-13-11-14-20(24)16-19/h11,13-14,16,21H,4-10,12,15,17-18H2,1-3H3,(H-,25,27,28,29)/t21-/m1/s1. The normalized spacial score (nSPS) is 12.6. The topological polar surface area (TPSA) is 69.2 Å². The number of amides is 1. The van der Waals surface area contributed by atoms with E-state index in [-0.39, 0.29) is 18.1 Å². The van der Waals surface area contributed by atoms with Crippen LogP contribution >= 0.6 is 0 Å². The molecule has 0 aliphatic carbocycles. The number of nitrogens with zero attached hydrogens (tertiary/aromatic N) is 1. The summed E-state index contributed by atoms with van der Waals surface area (Å²) in [6.07, 6.45) is 8.59. The Kier molecular flexibility index (Phi) is 11.5. The molecular weight excluding hydrogens is 371 g/mol. The first kappa shape index (κ1) is 25.1. The summed E-state index contributed by atoms with van der Waals surface area (Å²) in [6.45, 7) is 0.551. The summed E-state index contributed by atoms with van der Waals surface area (Å²) >= 11 is 0. The lowest BCUT2D eigenvalue weighted by molar-refractivity contribution is -0.871. The number of hydrogen-bond donors (Lipinski definition) is 1. The Morgan fingerprint density at radius 3 is 2.24 bits per heavy atom. The van der Waals surface area contributed by atoms with Gasteiger partial charge in [0.15, 0.2) is 0 Å². The summed E-state index contributed by atoms with van der Waals surface area (Å²) in [4.78, 5) is 23.0. The Hall–Kier alpha value is -1.95. The number of benzene rings is 1. The Labute approximate surface area is 174 Å². The molecule has 1 aromatic carbocycles. The summed E-state index contributed by atoms with van der Waals surface area (Å²) < 4.78 is 13.7. The fourth-order valence-electron chi connectivity index (χ4n) is 3.51. The number of carboxylic acid groups (broad SMARTS) is 1. The van der Waals surface area contributed by atoms with Crippen molar-refractivity contribution in [1.29, 1.82) is 0 Å². The smallest absolute Gasteiger partial charge is 0.220 e. The van der Waals surface area contributed by atoms with Crippen molar-refractivity contribution in [3.63, 3.8) is 0 Å². The third-order valence-corrected chi connectivity index (χ3v) is 4.80. The van der Waals surface area contributed by atoms with E-state index in [1.54, 1.807) is 12.1 Å². The summed E-state index contributed by atoms with van der Waals surface area (Å²) in [7, 11) is 5.89. The number of carbonyl (C=O) groups excluding carboxylic acids is 2. The number of hydrogen-bond acceptors (Lipinski definition) is 3. The highest BCUT2D eigenvalue weighted by Gasteiger charge is 2.20. The molecular formula is C23H37FN2O3. The number of carbonyl (C=O) groups is 2. The molecule has 0 saturated heterocycles. The molecule has 1 atom stereocenters. The molecule has 0 unspecified atom stereocenters. The van der Waals surface area contributed by atoms with Gasteiger partial charge in [0.2, 0.25) is 5.91 Å². The minimum absolute atomic E-state index is 0.0835. The first-order valence-electron chi connectivity index (χ1n) is 10.7. The van der Waals surface area contributed by atoms with Gasteiger partial charge in [-0.3, -0.25) is 4.79 Å². The SMILES string of the molecule is C[N+](C)(C)C[C@@H](CC(=O)[O-])NC(=O)CCCCCCCCCc1cccc(F)c1. The lowest BCUT2D eigenvalue weighted by atomic mass is 10.0. The zero-order chi connectivity index (χ0) is 21.7. The highest BCUT2D eigenvalue weighted by molar-refractivity contribution is 5.77. The van der Waals surface area contributed by atoms with Gasteiger partial charge in [-0.2, -0.15) is 0 Å². The van der Waals surface area contributed by atoms with E-state index >= 15 is 0 Å². The van der Waals surface area contributed by atoms with Crippen molar-refractivity contribution < 1.29 is 23.6 Å². The number of halogens is 1. The quantitative estimate of drug-likeness (QED) is 0.358. The van der Waals surface area contributed by atoms with E-state index in [0.29, 0.717) is 17.4 Å². The average Bonchev–Trinajstić information content (AvgIpc) is 2.58. The van der Waals surface area contributed by atoms with Crippen LogP contribution in [-0.4, -0.2) is 50.1 Å². The second kappa shape index (κ2) is 13.3. The fourth-order valence-corrected chi connectivity index (χ4v) is 3.51. The van der Waals surface area contributed by atoms with Crippen molar-refractivity contribution in [2.45, 2.75) is 70.3 Å². The molecule has 1 N–H and O–H groups in total. The van der Waals surface area contributed by atoms with E-state index in [4.69, 9.17) is 0 Å². The monoisotopic (exact) mass is 408 g/mol. The molecule has 0 fully saturated rings. The minimum Gasteiger partial charge on any atom is -0.550 e. The van der Waals surface area contributed by atoms with Gasteiger partial charge in [0.25, 0.3) is 0 Å². The Morgan fingerprint density at radius 1 is 1.03 bits per heavy atom. The summed E-state index contributed by atoms with van der Waals surface area (Å²) in [6, 6.07) is 6.39. The number of carboxylic acids is 1. The Balaban J connectivity index is 2.08. The highest BCUT2D eigenvalue weighted by Crippen LogP contribution is 2.12. The molecule has 0 aromatic heterocycles. The first-order chi connectivity index (χ1) is 13.7. The molecule has 1 rings (SSSR count). The molecule has 5 nitrogen and oxygen atoms in total. The van der Waals surface area contributed by atoms with Gasteiger partial charge in [-0.15, -0.1) is 0 Å². The molecule has 0 spiro atoms. The number of aryl methyl sites for hydroxylation is 1. The van der Waals surface area contributed by atoms with Gasteiger partial charge in [0.05, 0.1) is 33.7 Å². The van der Waals surface area contributed by atoms with Gasteiger partial charge in [-0.25, -0.2) is 4.39 Å². The number of aliphatic carboxylic acids is 1. The van der Waals surface area contributed by atoms with E-state index in [9.17, 15) is 19.1 Å². The van der Waals surface area contributed by atoms with E-state index in [1.807, 2.05) is 27.2 Å². The molecule has 0 saturated carbocycles. The molecule has 1 amide bonds. The third kappa shape index (κ3) is 13.8. The van der Waals surface area contributed by atoms with Crippen molar-refractivity contribution >= 4 is 11.9 Å². The molecule has 0 bridgehead atoms. The van der Waals surface area contributed by atoms with Crippen LogP contribution < -0.4 is 10.4 Å². The van der Waals surface area contributed by atoms with Gasteiger partial charge in [-0.1, -0.05) is 44.2 Å². The van der Waals surface area contributed by atoms with Crippen molar-refractivity contribution in [2.75, 3.05) is 27.7 Å². The van der Waals surface area contributed by atoms with Crippen molar-refractivity contribution in [3.8, 4) is 0 Å². The number of rotatable bonds is 15. The van der Waals surface area contributed by atoms with Crippen LogP contribution in [0.25, 0.3) is 0 Å². The maximum absolute atomic E-state index is 13.1. The zero-order valence-corrected chi connectivity index (χ0v) is 18.2. The molecule has 6 heteroatoms. The fraction of sp³-hybridized carbons (Fsp3) is 0.652. The van der Waals surface area contributed by atoms with Crippen LogP contribution in [0.4, 0.5) is 4.39 Å². The number of likely N-dealkylation sites (N-methyl/N-ethyl adjacent to an activating group) is 1. The van der Waals surface area contributed by atoms with Crippen LogP contribution in [0.1, 0.15) is 63.4 Å². The van der Waals surface area contributed by atoms with Crippen molar-refractivity contribution in [1.82, 2.24) is 5.32 Å². The van der Waals surface area contributed by atoms with Gasteiger partial charge in [0, 0.05) is 18.8 Å². The lowest BCUT2D eigenvalue weighted by Gasteiger charge is -2.30. The molecule has 0 aliphatic heterocycles. The van der Waals surface area contributed by atoms with Gasteiger partial charge in [-0.05, 0) is 37.0 Å². The van der Waals surface area contributed by atoms with E-state index in [2.05, 4.69) is 5.32 Å². The summed E-state index contributed by atoms with van der Waals surface area (Å²) in [5.74, 6) is -1.39. The predicted molar refractivity (Wildman–Crippen MR) is 111 cm³/mol. The van der Waals surface area contributed by atoms with Crippen LogP contribution in [0.3, 0.4) is 0 Å². The zero-order valence-electron chi connectivity index (χ0n) is 18.2. The van der Waals surface area contributed by atoms with E-state index < -0.39 is 12.0 Å². The predicted octanol–water partition coefficient (Wildman–Crippen LogP) is 2.82. The largest absolute Gasteiger partial charge is 0.550 e. The molecule has 1 aromatic rings. The maximum atomic E-state index is 13.1. The number of nitrogens with one attached hydrogen (secondary N) is 1. The molecule has 0 radical (unpaired) electrons. The first-order valence-corrected chi connectivity index (χ1v) is 10.7. The van der Waals surface area contributed by atoms with Crippen LogP contribution in [0.2, 0.25) is 0 Å². The number of unbranched alkanes of at least 4 members (excludes halogenated alkanes) is 6. The minimum atomic E-state index is -1.14. The van der Waals surface area contributed by atoms with E-state index in [0.717, 1.165) is 56.9 Å². The maximum Gasteiger partial charge on any atom is 0.220 e. The second-order valence-corrected chi connectivity index (χ2v) is 8.92.